The summed E-state index contributed by atoms with van der Waals surface area (Å²) in [5, 5.41) is 2.91. The third-order valence-electron chi connectivity index (χ3n) is 4.03. The fourth-order valence-corrected chi connectivity index (χ4v) is 3.02. The lowest BCUT2D eigenvalue weighted by Gasteiger charge is -2.20. The highest BCUT2D eigenvalue weighted by atomic mass is 32.2. The van der Waals surface area contributed by atoms with Gasteiger partial charge in [-0.3, -0.25) is 9.10 Å². The summed E-state index contributed by atoms with van der Waals surface area (Å²) in [6, 6.07) is 10.8. The van der Waals surface area contributed by atoms with Crippen LogP contribution in [0.15, 0.2) is 36.4 Å². The third kappa shape index (κ3) is 3.76. The lowest BCUT2D eigenvalue weighted by Crippen LogP contribution is -2.26. The maximum absolute atomic E-state index is 12.6. The summed E-state index contributed by atoms with van der Waals surface area (Å²) in [6.07, 6.45) is 1.13. The van der Waals surface area contributed by atoms with Crippen molar-refractivity contribution < 1.29 is 13.2 Å². The monoisotopic (exact) mass is 346 g/mol. The number of hydrogen-bond donors (Lipinski definition) is 1. The minimum Gasteiger partial charge on any atom is -0.322 e. The molecule has 0 atom stereocenters. The first-order chi connectivity index (χ1) is 11.1. The second-order valence-corrected chi connectivity index (χ2v) is 7.97. The van der Waals surface area contributed by atoms with Gasteiger partial charge in [0.05, 0.1) is 11.9 Å². The van der Waals surface area contributed by atoms with E-state index in [-0.39, 0.29) is 5.91 Å². The molecule has 0 aromatic heterocycles. The van der Waals surface area contributed by atoms with Gasteiger partial charge in [0, 0.05) is 18.3 Å². The highest BCUT2D eigenvalue weighted by molar-refractivity contribution is 7.92. The van der Waals surface area contributed by atoms with Gasteiger partial charge in [0.1, 0.15) is 0 Å². The predicted molar refractivity (Wildman–Crippen MR) is 98.3 cm³/mol. The Bertz CT molecular complexity index is 869. The predicted octanol–water partition coefficient (Wildman–Crippen LogP) is 3.26. The number of nitrogens with one attached hydrogen (secondary N) is 1. The van der Waals surface area contributed by atoms with Gasteiger partial charge in [-0.2, -0.15) is 0 Å². The van der Waals surface area contributed by atoms with Crippen molar-refractivity contribution in [3.05, 3.63) is 58.7 Å². The average Bonchev–Trinajstić information content (AvgIpc) is 2.49. The molecule has 24 heavy (non-hydrogen) atoms. The van der Waals surface area contributed by atoms with Gasteiger partial charge in [-0.15, -0.1) is 0 Å². The summed E-state index contributed by atoms with van der Waals surface area (Å²) in [5.74, 6) is -0.268. The molecule has 0 fully saturated rings. The van der Waals surface area contributed by atoms with Crippen LogP contribution in [0.1, 0.15) is 27.0 Å². The standard InChI is InChI=1S/C18H22N2O3S/c1-12-9-10-15(11-16(12)20(4)24(5,22)23)18(21)19-17-13(2)7-6-8-14(17)3/h6-11H,1-5H3,(H,19,21). The zero-order chi connectivity index (χ0) is 18.1. The number of anilines is 2. The van der Waals surface area contributed by atoms with E-state index in [9.17, 15) is 13.2 Å². The van der Waals surface area contributed by atoms with Crippen LogP contribution in [0.4, 0.5) is 11.4 Å². The molecule has 0 bridgehead atoms. The van der Waals surface area contributed by atoms with Crippen LogP contribution >= 0.6 is 0 Å². The Morgan fingerprint density at radius 2 is 1.58 bits per heavy atom. The first-order valence-corrected chi connectivity index (χ1v) is 9.38. The van der Waals surface area contributed by atoms with E-state index in [1.54, 1.807) is 18.2 Å². The van der Waals surface area contributed by atoms with Crippen LogP contribution in [0.3, 0.4) is 0 Å². The molecule has 0 aliphatic heterocycles. The van der Waals surface area contributed by atoms with Crippen LogP contribution in [0.25, 0.3) is 0 Å². The highest BCUT2D eigenvalue weighted by Crippen LogP contribution is 2.24. The number of carbonyl (C=O) groups is 1. The van der Waals surface area contributed by atoms with Gasteiger partial charge in [0.25, 0.3) is 5.91 Å². The SMILES string of the molecule is Cc1ccc(C(=O)Nc2c(C)cccc2C)cc1N(C)S(C)(=O)=O. The molecule has 6 heteroatoms. The van der Waals surface area contributed by atoms with E-state index in [0.717, 1.165) is 28.6 Å². The minimum absolute atomic E-state index is 0.268. The second kappa shape index (κ2) is 6.65. The summed E-state index contributed by atoms with van der Waals surface area (Å²) in [6.45, 7) is 5.67. The number of rotatable bonds is 4. The summed E-state index contributed by atoms with van der Waals surface area (Å²) < 4.78 is 24.7. The Balaban J connectivity index is 2.38. The van der Waals surface area contributed by atoms with Crippen molar-refractivity contribution in [2.45, 2.75) is 20.8 Å². The van der Waals surface area contributed by atoms with Crippen molar-refractivity contribution >= 4 is 27.3 Å². The average molecular weight is 346 g/mol. The van der Waals surface area contributed by atoms with Crippen molar-refractivity contribution in [3.8, 4) is 0 Å². The molecule has 0 heterocycles. The van der Waals surface area contributed by atoms with Crippen molar-refractivity contribution in [1.29, 1.82) is 0 Å². The molecule has 0 saturated carbocycles. The Morgan fingerprint density at radius 3 is 2.12 bits per heavy atom. The molecule has 5 nitrogen and oxygen atoms in total. The maximum Gasteiger partial charge on any atom is 0.255 e. The Morgan fingerprint density at radius 1 is 1.00 bits per heavy atom. The molecule has 2 aromatic rings. The fourth-order valence-electron chi connectivity index (χ4n) is 2.47. The number of aryl methyl sites for hydroxylation is 3. The van der Waals surface area contributed by atoms with E-state index in [0.29, 0.717) is 11.3 Å². The van der Waals surface area contributed by atoms with Gasteiger partial charge in [0.15, 0.2) is 0 Å². The zero-order valence-electron chi connectivity index (χ0n) is 14.5. The van der Waals surface area contributed by atoms with Gasteiger partial charge in [-0.05, 0) is 49.6 Å². The fraction of sp³-hybridized carbons (Fsp3) is 0.278. The highest BCUT2D eigenvalue weighted by Gasteiger charge is 2.17. The van der Waals surface area contributed by atoms with E-state index < -0.39 is 10.0 Å². The number of nitrogens with zero attached hydrogens (tertiary/aromatic N) is 1. The normalized spacial score (nSPS) is 11.2. The van der Waals surface area contributed by atoms with E-state index in [1.807, 2.05) is 39.0 Å². The number of hydrogen-bond acceptors (Lipinski definition) is 3. The molecule has 2 rings (SSSR count). The zero-order valence-corrected chi connectivity index (χ0v) is 15.4. The van der Waals surface area contributed by atoms with Crippen LogP contribution in [0.2, 0.25) is 0 Å². The van der Waals surface area contributed by atoms with Crippen molar-refractivity contribution in [2.75, 3.05) is 22.9 Å². The summed E-state index contributed by atoms with van der Waals surface area (Å²) in [5.41, 5.74) is 4.42. The molecule has 0 aliphatic carbocycles. The van der Waals surface area contributed by atoms with Gasteiger partial charge in [-0.25, -0.2) is 8.42 Å². The van der Waals surface area contributed by atoms with Crippen molar-refractivity contribution in [3.63, 3.8) is 0 Å². The molecule has 0 saturated heterocycles. The first-order valence-electron chi connectivity index (χ1n) is 7.53. The van der Waals surface area contributed by atoms with Gasteiger partial charge in [-0.1, -0.05) is 24.3 Å². The smallest absolute Gasteiger partial charge is 0.255 e. The number of sulfonamides is 1. The second-order valence-electron chi connectivity index (χ2n) is 5.95. The van der Waals surface area contributed by atoms with Crippen molar-refractivity contribution in [1.82, 2.24) is 0 Å². The van der Waals surface area contributed by atoms with Crippen LogP contribution in [-0.2, 0) is 10.0 Å². The summed E-state index contributed by atoms with van der Waals surface area (Å²) in [4.78, 5) is 12.6. The third-order valence-corrected chi connectivity index (χ3v) is 5.22. The molecular weight excluding hydrogens is 324 g/mol. The number of carbonyl (C=O) groups excluding carboxylic acids is 1. The first kappa shape index (κ1) is 18.0. The number of amides is 1. The quantitative estimate of drug-likeness (QED) is 0.924. The Hall–Kier alpha value is -2.34. The van der Waals surface area contributed by atoms with E-state index in [4.69, 9.17) is 0 Å². The van der Waals surface area contributed by atoms with E-state index in [2.05, 4.69) is 5.32 Å². The summed E-state index contributed by atoms with van der Waals surface area (Å²) in [7, 11) is -1.91. The molecule has 1 amide bonds. The summed E-state index contributed by atoms with van der Waals surface area (Å²) >= 11 is 0. The van der Waals surface area contributed by atoms with Crippen LogP contribution in [-0.4, -0.2) is 27.6 Å². The molecule has 0 spiro atoms. The Labute approximate surface area is 143 Å². The van der Waals surface area contributed by atoms with Gasteiger partial charge in [0.2, 0.25) is 10.0 Å². The lowest BCUT2D eigenvalue weighted by atomic mass is 10.1. The van der Waals surface area contributed by atoms with E-state index >= 15 is 0 Å². The maximum atomic E-state index is 12.6. The topological polar surface area (TPSA) is 66.5 Å². The molecular formula is C18H22N2O3S. The van der Waals surface area contributed by atoms with Gasteiger partial charge < -0.3 is 5.32 Å². The number of benzene rings is 2. The molecule has 1 N–H and O–H groups in total. The van der Waals surface area contributed by atoms with Crippen molar-refractivity contribution in [2.24, 2.45) is 0 Å². The molecule has 0 radical (unpaired) electrons. The molecule has 2 aromatic carbocycles. The van der Waals surface area contributed by atoms with Crippen LogP contribution in [0.5, 0.6) is 0 Å². The Kier molecular flexibility index (Phi) is 4.99. The van der Waals surface area contributed by atoms with E-state index in [1.165, 1.54) is 11.4 Å². The molecule has 0 unspecified atom stereocenters. The van der Waals surface area contributed by atoms with Crippen LogP contribution in [0, 0.1) is 20.8 Å². The molecule has 128 valence electrons. The van der Waals surface area contributed by atoms with Gasteiger partial charge >= 0.3 is 0 Å². The minimum atomic E-state index is -3.39. The lowest BCUT2D eigenvalue weighted by molar-refractivity contribution is 0.102. The number of para-hydroxylation sites is 1. The van der Waals surface area contributed by atoms with Crippen LogP contribution < -0.4 is 9.62 Å². The molecule has 0 aliphatic rings. The largest absolute Gasteiger partial charge is 0.322 e.